The Kier molecular flexibility index (Phi) is 7.89. The molecule has 4 rings (SSSR count). The van der Waals surface area contributed by atoms with Gasteiger partial charge in [-0.15, -0.1) is 0 Å². The van der Waals surface area contributed by atoms with E-state index in [1.807, 2.05) is 0 Å². The van der Waals surface area contributed by atoms with Gasteiger partial charge >= 0.3 is 5.97 Å². The molecule has 0 aromatic heterocycles. The van der Waals surface area contributed by atoms with Gasteiger partial charge in [-0.25, -0.2) is 4.79 Å². The summed E-state index contributed by atoms with van der Waals surface area (Å²) in [6.07, 6.45) is 5.70. The first-order chi connectivity index (χ1) is 16.4. The largest absolute Gasteiger partial charge is 0.480 e. The van der Waals surface area contributed by atoms with Crippen molar-refractivity contribution in [1.82, 2.24) is 5.32 Å². The summed E-state index contributed by atoms with van der Waals surface area (Å²) < 4.78 is 0. The highest BCUT2D eigenvalue weighted by molar-refractivity contribution is 7.80. The summed E-state index contributed by atoms with van der Waals surface area (Å²) >= 11 is 4.01. The van der Waals surface area contributed by atoms with Crippen molar-refractivity contribution in [2.75, 3.05) is 5.75 Å². The monoisotopic (exact) mass is 511 g/mol. The number of rotatable bonds is 7. The smallest absolute Gasteiger partial charge is 0.327 e. The molecule has 7 nitrogen and oxygen atoms in total. The van der Waals surface area contributed by atoms with Crippen molar-refractivity contribution >= 4 is 24.5 Å². The first-order valence-electron chi connectivity index (χ1n) is 13.6. The van der Waals surface area contributed by atoms with Crippen LogP contribution in [-0.4, -0.2) is 62.4 Å². The van der Waals surface area contributed by atoms with Crippen molar-refractivity contribution in [2.24, 2.45) is 46.3 Å². The minimum atomic E-state index is -1.08. The number of amides is 1. The lowest BCUT2D eigenvalue weighted by atomic mass is 9.43. The zero-order valence-electron chi connectivity index (χ0n) is 21.4. The number of thiol groups is 1. The predicted molar refractivity (Wildman–Crippen MR) is 136 cm³/mol. The lowest BCUT2D eigenvalue weighted by Crippen LogP contribution is -2.62. The van der Waals surface area contributed by atoms with Gasteiger partial charge in [0.15, 0.2) is 0 Å². The van der Waals surface area contributed by atoms with E-state index in [2.05, 4.69) is 38.7 Å². The van der Waals surface area contributed by atoms with E-state index in [4.69, 9.17) is 5.11 Å². The number of carbonyl (C=O) groups is 2. The molecule has 4 aliphatic rings. The second kappa shape index (κ2) is 10.1. The summed E-state index contributed by atoms with van der Waals surface area (Å²) in [5.74, 6) is 0.147. The maximum Gasteiger partial charge on any atom is 0.327 e. The van der Waals surface area contributed by atoms with E-state index in [9.17, 15) is 24.9 Å². The van der Waals surface area contributed by atoms with Crippen molar-refractivity contribution in [3.8, 4) is 0 Å². The van der Waals surface area contributed by atoms with Crippen LogP contribution in [0.3, 0.4) is 0 Å². The Balaban J connectivity index is 1.47. The van der Waals surface area contributed by atoms with E-state index >= 15 is 0 Å². The molecule has 12 atom stereocenters. The van der Waals surface area contributed by atoms with Crippen LogP contribution in [0.5, 0.6) is 0 Å². The van der Waals surface area contributed by atoms with Crippen LogP contribution in [0.25, 0.3) is 0 Å². The highest BCUT2D eigenvalue weighted by Crippen LogP contribution is 2.68. The molecule has 8 heteroatoms. The van der Waals surface area contributed by atoms with Crippen LogP contribution in [0.4, 0.5) is 0 Å². The minimum absolute atomic E-state index is 0.0504. The van der Waals surface area contributed by atoms with Gasteiger partial charge in [-0.05, 0) is 97.7 Å². The first kappa shape index (κ1) is 27.2. The number of fused-ring (bicyclic) bond motifs is 5. The SMILES string of the molecule is C[C@H](CCC(=O)NC(CS)C(=O)O)[C@H]1CC[C@H]2[C@@H]3[C@H](O)C[C@@H]4C[C@H](O)CC[C@]4(C)[C@H]3C[C@H](O)[C@]12C. The van der Waals surface area contributed by atoms with Crippen LogP contribution < -0.4 is 5.32 Å². The molecule has 4 saturated carbocycles. The number of carbonyl (C=O) groups excluding carboxylic acids is 1. The van der Waals surface area contributed by atoms with E-state index < -0.39 is 24.2 Å². The number of carboxylic acids is 1. The average molecular weight is 512 g/mol. The summed E-state index contributed by atoms with van der Waals surface area (Å²) in [6.45, 7) is 6.69. The van der Waals surface area contributed by atoms with Gasteiger partial charge in [0.05, 0.1) is 18.3 Å². The van der Waals surface area contributed by atoms with E-state index in [-0.39, 0.29) is 64.6 Å². The molecular weight excluding hydrogens is 466 g/mol. The number of aliphatic hydroxyl groups excluding tert-OH is 3. The summed E-state index contributed by atoms with van der Waals surface area (Å²) in [5.41, 5.74) is -0.245. The van der Waals surface area contributed by atoms with Gasteiger partial charge < -0.3 is 25.7 Å². The van der Waals surface area contributed by atoms with Gasteiger partial charge in [0.25, 0.3) is 0 Å². The van der Waals surface area contributed by atoms with Crippen molar-refractivity contribution in [1.29, 1.82) is 0 Å². The molecule has 5 N–H and O–H groups in total. The number of hydrogen-bond donors (Lipinski definition) is 6. The van der Waals surface area contributed by atoms with Crippen molar-refractivity contribution in [3.05, 3.63) is 0 Å². The molecule has 0 radical (unpaired) electrons. The standard InChI is InChI=1S/C27H45NO6S/c1-14(4-7-23(32)28-20(13-35)25(33)34)17-5-6-18-24-19(12-22(31)27(17,18)3)26(2)9-8-16(29)10-15(26)11-21(24)30/h14-22,24,29-31,35H,4-13H2,1-3H3,(H,28,32)(H,33,34)/t14-,15+,16-,17-,18+,19+,20?,21-,22+,24+,26+,27-/m1/s1. The Morgan fingerprint density at radius 1 is 1.06 bits per heavy atom. The number of aliphatic carboxylic acids is 1. The molecule has 0 saturated heterocycles. The Bertz CT molecular complexity index is 811. The fourth-order valence-electron chi connectivity index (χ4n) is 9.14. The lowest BCUT2D eigenvalue weighted by Gasteiger charge is -2.63. The molecule has 1 amide bonds. The van der Waals surface area contributed by atoms with Crippen molar-refractivity contribution in [3.63, 3.8) is 0 Å². The molecule has 200 valence electrons. The van der Waals surface area contributed by atoms with Gasteiger partial charge in [-0.3, -0.25) is 4.79 Å². The maximum atomic E-state index is 12.4. The Morgan fingerprint density at radius 2 is 1.77 bits per heavy atom. The summed E-state index contributed by atoms with van der Waals surface area (Å²) in [4.78, 5) is 23.6. The second-order valence-electron chi connectivity index (χ2n) is 12.7. The highest BCUT2D eigenvalue weighted by Gasteiger charge is 2.65. The van der Waals surface area contributed by atoms with Crippen molar-refractivity contribution < 1.29 is 30.0 Å². The first-order valence-corrected chi connectivity index (χ1v) is 14.2. The van der Waals surface area contributed by atoms with Gasteiger partial charge in [-0.1, -0.05) is 20.8 Å². The number of hydrogen-bond acceptors (Lipinski definition) is 6. The molecule has 35 heavy (non-hydrogen) atoms. The van der Waals surface area contributed by atoms with Crippen LogP contribution in [0.15, 0.2) is 0 Å². The molecule has 0 bridgehead atoms. The molecule has 1 unspecified atom stereocenters. The predicted octanol–water partition coefficient (Wildman–Crippen LogP) is 2.86. The van der Waals surface area contributed by atoms with Crippen LogP contribution in [0, 0.1) is 46.3 Å². The molecule has 4 fully saturated rings. The fourth-order valence-corrected chi connectivity index (χ4v) is 9.39. The van der Waals surface area contributed by atoms with Crippen LogP contribution in [-0.2, 0) is 9.59 Å². The zero-order chi connectivity index (χ0) is 25.7. The fraction of sp³-hybridized carbons (Fsp3) is 0.926. The third-order valence-corrected chi connectivity index (χ3v) is 11.5. The molecule has 0 aromatic rings. The van der Waals surface area contributed by atoms with Crippen LogP contribution in [0.1, 0.15) is 78.6 Å². The summed E-state index contributed by atoms with van der Waals surface area (Å²) in [6, 6.07) is -0.981. The highest BCUT2D eigenvalue weighted by atomic mass is 32.1. The third-order valence-electron chi connectivity index (χ3n) is 11.2. The topological polar surface area (TPSA) is 127 Å². The molecule has 0 aromatic carbocycles. The molecule has 0 heterocycles. The average Bonchev–Trinajstić information content (AvgIpc) is 3.16. The minimum Gasteiger partial charge on any atom is -0.480 e. The van der Waals surface area contributed by atoms with E-state index in [1.165, 1.54) is 0 Å². The molecule has 0 aliphatic heterocycles. The Labute approximate surface area is 214 Å². The maximum absolute atomic E-state index is 12.4. The Morgan fingerprint density at radius 3 is 2.43 bits per heavy atom. The molecule has 0 spiro atoms. The normalized spacial score (nSPS) is 46.6. The molecule has 4 aliphatic carbocycles. The van der Waals surface area contributed by atoms with Crippen LogP contribution in [0.2, 0.25) is 0 Å². The quantitative estimate of drug-likeness (QED) is 0.292. The zero-order valence-corrected chi connectivity index (χ0v) is 22.3. The van der Waals surface area contributed by atoms with Gasteiger partial charge in [0.2, 0.25) is 5.91 Å². The second-order valence-corrected chi connectivity index (χ2v) is 13.0. The Hall–Kier alpha value is -0.830. The van der Waals surface area contributed by atoms with E-state index in [0.717, 1.165) is 38.5 Å². The van der Waals surface area contributed by atoms with E-state index in [1.54, 1.807) is 0 Å². The number of aliphatic hydroxyl groups is 3. The molecular formula is C27H45NO6S. The summed E-state index contributed by atoms with van der Waals surface area (Å²) in [7, 11) is 0. The van der Waals surface area contributed by atoms with Gasteiger partial charge in [-0.2, -0.15) is 12.6 Å². The number of nitrogens with one attached hydrogen (secondary N) is 1. The van der Waals surface area contributed by atoms with Gasteiger partial charge in [0.1, 0.15) is 6.04 Å². The van der Waals surface area contributed by atoms with Gasteiger partial charge in [0, 0.05) is 12.2 Å². The number of carboxylic acid groups (broad SMARTS) is 1. The lowest BCUT2D eigenvalue weighted by molar-refractivity contribution is -0.207. The third kappa shape index (κ3) is 4.66. The van der Waals surface area contributed by atoms with E-state index in [0.29, 0.717) is 18.8 Å². The van der Waals surface area contributed by atoms with Crippen LogP contribution >= 0.6 is 12.6 Å². The summed E-state index contributed by atoms with van der Waals surface area (Å²) in [5, 5.41) is 45.0. The van der Waals surface area contributed by atoms with Crippen molar-refractivity contribution in [2.45, 2.75) is 103 Å².